The Hall–Kier alpha value is -1.22. The molecule has 2 amide bonds. The summed E-state index contributed by atoms with van der Waals surface area (Å²) in [6.07, 6.45) is 0. The zero-order valence-corrected chi connectivity index (χ0v) is 21.0. The Morgan fingerprint density at radius 3 is 1.29 bits per heavy atom. The fourth-order valence-corrected chi connectivity index (χ4v) is 2.39. The fraction of sp³-hybridized carbons (Fsp3) is 0.100. The van der Waals surface area contributed by atoms with Crippen LogP contribution in [-0.2, 0) is 0 Å². The molecule has 4 nitrogen and oxygen atoms in total. The molecule has 0 bridgehead atoms. The molecule has 0 saturated carbocycles. The van der Waals surface area contributed by atoms with Gasteiger partial charge in [-0.05, 0) is 34.2 Å². The summed E-state index contributed by atoms with van der Waals surface area (Å²) >= 11 is 12.9. The van der Waals surface area contributed by atoms with Gasteiger partial charge in [0.25, 0.3) is 11.8 Å². The van der Waals surface area contributed by atoms with Crippen LogP contribution in [0.5, 0.6) is 0 Å². The van der Waals surface area contributed by atoms with Crippen LogP contribution in [0, 0.1) is 0 Å². The van der Waals surface area contributed by atoms with E-state index in [9.17, 15) is 9.59 Å². The number of amides is 2. The molecule has 0 radical (unpaired) electrons. The van der Waals surface area contributed by atoms with Crippen LogP contribution in [0.4, 0.5) is 0 Å². The Bertz CT molecular complexity index is 740. The molecule has 28 heavy (non-hydrogen) atoms. The molecule has 0 aromatic heterocycles. The second kappa shape index (κ2) is 14.7. The van der Waals surface area contributed by atoms with E-state index in [4.69, 9.17) is 0 Å². The summed E-state index contributed by atoms with van der Waals surface area (Å²) in [6, 6.07) is 18.2. The van der Waals surface area contributed by atoms with E-state index in [0.29, 0.717) is 24.2 Å². The monoisotopic (exact) mass is 634 g/mol. The van der Waals surface area contributed by atoms with Crippen LogP contribution in [0.15, 0.2) is 79.6 Å². The number of carbonyl (C=O) groups is 2. The number of carbonyl (C=O) groups excluding carboxylic acids is 2. The Morgan fingerprint density at radius 2 is 1.00 bits per heavy atom. The van der Waals surface area contributed by atoms with Crippen molar-refractivity contribution in [3.05, 3.63) is 90.7 Å². The normalized spacial score (nSPS) is 11.1. The van der Waals surface area contributed by atoms with Crippen molar-refractivity contribution in [1.82, 2.24) is 10.6 Å². The molecule has 2 aromatic rings. The summed E-state index contributed by atoms with van der Waals surface area (Å²) < 4.78 is 1.78. The van der Waals surface area contributed by atoms with E-state index in [2.05, 4.69) is 74.4 Å². The molecule has 0 aliphatic heterocycles. The van der Waals surface area contributed by atoms with Crippen LogP contribution in [0.25, 0.3) is 0 Å². The van der Waals surface area contributed by atoms with Crippen molar-refractivity contribution in [1.29, 1.82) is 0 Å². The lowest BCUT2D eigenvalue weighted by Gasteiger charge is -2.03. The first kappa shape index (κ1) is 24.8. The Kier molecular flexibility index (Phi) is 13.1. The van der Waals surface area contributed by atoms with E-state index in [0.717, 1.165) is 8.96 Å². The van der Waals surface area contributed by atoms with Crippen molar-refractivity contribution >= 4 is 75.5 Å². The summed E-state index contributed by atoms with van der Waals surface area (Å²) in [4.78, 5) is 26.4. The topological polar surface area (TPSA) is 58.2 Å². The minimum absolute atomic E-state index is 0.0723. The van der Waals surface area contributed by atoms with Gasteiger partial charge < -0.3 is 10.6 Å². The van der Waals surface area contributed by atoms with Gasteiger partial charge in [-0.1, -0.05) is 100 Å². The first-order valence-corrected chi connectivity index (χ1v) is 11.5. The van der Waals surface area contributed by atoms with Crippen molar-refractivity contribution in [2.24, 2.45) is 0 Å². The predicted octanol–water partition coefficient (Wildman–Crippen LogP) is 6.10. The molecule has 0 atom stereocenters. The standard InChI is InChI=1S/2C10H9Br2NO/c2*11-6-9(12)7-13-10(14)8-4-2-1-3-5-8/h2*1-6H,7H2,(H,13,14)/b9-6+;9-6-. The minimum Gasteiger partial charge on any atom is -0.347 e. The summed E-state index contributed by atoms with van der Waals surface area (Å²) in [6.45, 7) is 0.970. The number of hydrogen-bond donors (Lipinski definition) is 2. The third-order valence-corrected chi connectivity index (χ3v) is 6.50. The molecular formula is C20H18Br4N2O2. The van der Waals surface area contributed by atoms with Gasteiger partial charge in [-0.15, -0.1) is 0 Å². The molecule has 2 aromatic carbocycles. The van der Waals surface area contributed by atoms with Crippen molar-refractivity contribution in [2.45, 2.75) is 0 Å². The quantitative estimate of drug-likeness (QED) is 0.403. The maximum atomic E-state index is 11.5. The zero-order valence-electron chi connectivity index (χ0n) is 14.7. The molecule has 8 heteroatoms. The largest absolute Gasteiger partial charge is 0.347 e. The number of rotatable bonds is 6. The Morgan fingerprint density at radius 1 is 0.679 bits per heavy atom. The number of benzene rings is 2. The molecule has 0 saturated heterocycles. The smallest absolute Gasteiger partial charge is 0.251 e. The second-order valence-corrected chi connectivity index (χ2v) is 8.16. The lowest BCUT2D eigenvalue weighted by atomic mass is 10.2. The summed E-state index contributed by atoms with van der Waals surface area (Å²) in [5.41, 5.74) is 1.34. The first-order chi connectivity index (χ1) is 13.5. The predicted molar refractivity (Wildman–Crippen MR) is 129 cm³/mol. The minimum atomic E-state index is -0.0723. The van der Waals surface area contributed by atoms with Gasteiger partial charge in [-0.25, -0.2) is 0 Å². The SMILES string of the molecule is O=C(NC/C(Br)=C/Br)c1ccccc1.O=C(NC/C(Br)=C\Br)c1ccccc1. The van der Waals surface area contributed by atoms with Crippen molar-refractivity contribution in [3.8, 4) is 0 Å². The fourth-order valence-electron chi connectivity index (χ4n) is 1.79. The van der Waals surface area contributed by atoms with E-state index in [1.165, 1.54) is 0 Å². The third kappa shape index (κ3) is 10.4. The molecule has 2 N–H and O–H groups in total. The van der Waals surface area contributed by atoms with Crippen LogP contribution in [0.1, 0.15) is 20.7 Å². The van der Waals surface area contributed by atoms with Gasteiger partial charge in [0.2, 0.25) is 0 Å². The van der Waals surface area contributed by atoms with Crippen molar-refractivity contribution in [2.75, 3.05) is 13.1 Å². The van der Waals surface area contributed by atoms with Gasteiger partial charge in [-0.2, -0.15) is 0 Å². The van der Waals surface area contributed by atoms with Gasteiger partial charge in [-0.3, -0.25) is 9.59 Å². The van der Waals surface area contributed by atoms with Gasteiger partial charge in [0.05, 0.1) is 13.1 Å². The van der Waals surface area contributed by atoms with E-state index in [1.807, 2.05) is 36.4 Å². The zero-order chi connectivity index (χ0) is 20.8. The van der Waals surface area contributed by atoms with Crippen LogP contribution >= 0.6 is 63.7 Å². The second-order valence-electron chi connectivity index (χ2n) is 5.21. The Labute approximate surface area is 198 Å². The maximum Gasteiger partial charge on any atom is 0.251 e. The molecule has 148 valence electrons. The van der Waals surface area contributed by atoms with Gasteiger partial charge in [0, 0.05) is 20.1 Å². The van der Waals surface area contributed by atoms with Crippen LogP contribution in [-0.4, -0.2) is 24.9 Å². The highest BCUT2D eigenvalue weighted by Gasteiger charge is 2.04. The molecular weight excluding hydrogens is 620 g/mol. The lowest BCUT2D eigenvalue weighted by Crippen LogP contribution is -2.24. The van der Waals surface area contributed by atoms with E-state index in [-0.39, 0.29) is 11.8 Å². The maximum absolute atomic E-state index is 11.5. The highest BCUT2D eigenvalue weighted by atomic mass is 79.9. The highest BCUT2D eigenvalue weighted by molar-refractivity contribution is 9.14. The summed E-state index contributed by atoms with van der Waals surface area (Å²) in [7, 11) is 0. The number of hydrogen-bond acceptors (Lipinski definition) is 2. The van der Waals surface area contributed by atoms with Gasteiger partial charge in [0.1, 0.15) is 0 Å². The van der Waals surface area contributed by atoms with Crippen molar-refractivity contribution in [3.63, 3.8) is 0 Å². The van der Waals surface area contributed by atoms with Crippen LogP contribution in [0.3, 0.4) is 0 Å². The average Bonchev–Trinajstić information content (AvgIpc) is 2.76. The first-order valence-electron chi connectivity index (χ1n) is 8.04. The van der Waals surface area contributed by atoms with Gasteiger partial charge >= 0.3 is 0 Å². The summed E-state index contributed by atoms with van der Waals surface area (Å²) in [5, 5.41) is 5.53. The number of nitrogens with one attached hydrogen (secondary N) is 2. The molecule has 0 spiro atoms. The average molecular weight is 638 g/mol. The molecule has 0 heterocycles. The highest BCUT2D eigenvalue weighted by Crippen LogP contribution is 2.07. The van der Waals surface area contributed by atoms with Crippen LogP contribution < -0.4 is 10.6 Å². The number of halogens is 4. The molecule has 0 aliphatic rings. The van der Waals surface area contributed by atoms with E-state index < -0.39 is 0 Å². The molecule has 0 fully saturated rings. The third-order valence-electron chi connectivity index (χ3n) is 3.14. The van der Waals surface area contributed by atoms with Gasteiger partial charge in [0.15, 0.2) is 0 Å². The van der Waals surface area contributed by atoms with E-state index in [1.54, 1.807) is 34.2 Å². The van der Waals surface area contributed by atoms with Crippen molar-refractivity contribution < 1.29 is 9.59 Å². The molecule has 0 unspecified atom stereocenters. The molecule has 0 aliphatic carbocycles. The van der Waals surface area contributed by atoms with E-state index >= 15 is 0 Å². The Balaban J connectivity index is 0.000000280. The molecule has 2 rings (SSSR count). The van der Waals surface area contributed by atoms with Crippen LogP contribution in [0.2, 0.25) is 0 Å². The lowest BCUT2D eigenvalue weighted by molar-refractivity contribution is 0.0949. The summed E-state index contributed by atoms with van der Waals surface area (Å²) in [5.74, 6) is -0.145.